The van der Waals surface area contributed by atoms with Crippen molar-refractivity contribution in [3.63, 3.8) is 0 Å². The minimum Gasteiger partial charge on any atom is -0.480 e. The molecule has 0 saturated heterocycles. The fraction of sp³-hybridized carbons (Fsp3) is 0.219. The number of aryl methyl sites for hydroxylation is 1. The molecule has 2 aromatic carbocycles. The molecule has 45 heavy (non-hydrogen) atoms. The van der Waals surface area contributed by atoms with Crippen molar-refractivity contribution in [2.45, 2.75) is 44.7 Å². The second-order valence-corrected chi connectivity index (χ2v) is 11.0. The number of rotatable bonds is 9. The number of aliphatic carboxylic acids is 1. The second-order valence-electron chi connectivity index (χ2n) is 11.0. The molecule has 0 saturated carbocycles. The number of nitrogen functional groups attached to an aromatic ring is 1. The molecule has 0 radical (unpaired) electrons. The number of nitrogens with zero attached hydrogens (tertiary/aromatic N) is 5. The third kappa shape index (κ3) is 5.32. The van der Waals surface area contributed by atoms with Crippen LogP contribution in [0.4, 0.5) is 16.0 Å². The minimum absolute atomic E-state index is 0.102. The summed E-state index contributed by atoms with van der Waals surface area (Å²) in [5.41, 5.74) is 8.59. The number of fused-ring (bicyclic) bond motifs is 2. The van der Waals surface area contributed by atoms with Crippen LogP contribution in [0.2, 0.25) is 0 Å². The van der Waals surface area contributed by atoms with Crippen LogP contribution in [0.25, 0.3) is 22.6 Å². The summed E-state index contributed by atoms with van der Waals surface area (Å²) >= 11 is 0. The highest BCUT2D eigenvalue weighted by Crippen LogP contribution is 2.45. The van der Waals surface area contributed by atoms with Crippen molar-refractivity contribution >= 4 is 40.5 Å². The number of nitrogens with two attached hydrogens (primary N) is 1. The zero-order valence-corrected chi connectivity index (χ0v) is 24.4. The Hall–Kier alpha value is -5.72. The van der Waals surface area contributed by atoms with E-state index in [9.17, 15) is 18.8 Å². The molecule has 5 N–H and O–H groups in total. The van der Waals surface area contributed by atoms with E-state index in [1.807, 2.05) is 18.2 Å². The molecule has 12 nitrogen and oxygen atoms in total. The Morgan fingerprint density at radius 2 is 1.87 bits per heavy atom. The fourth-order valence-corrected chi connectivity index (χ4v) is 5.50. The quantitative estimate of drug-likeness (QED) is 0.195. The molecule has 2 amide bonds. The monoisotopic (exact) mass is 608 g/mol. The van der Waals surface area contributed by atoms with Crippen LogP contribution in [0.1, 0.15) is 42.5 Å². The molecule has 0 bridgehead atoms. The summed E-state index contributed by atoms with van der Waals surface area (Å²) in [7, 11) is 0. The largest absolute Gasteiger partial charge is 0.480 e. The SMILES string of the molecule is C[C@H](NC(=O)CCc1ccc([C@]2(C)C(=O)Nc3nc(-c4nn(Cc5ccccc5F)c5ncccc45)nc(N)c32)cc1)C(=O)O. The summed E-state index contributed by atoms with van der Waals surface area (Å²) in [6, 6.07) is 16.2. The Kier molecular flexibility index (Phi) is 7.44. The van der Waals surface area contributed by atoms with Gasteiger partial charge in [0, 0.05) is 18.2 Å². The first-order valence-corrected chi connectivity index (χ1v) is 14.2. The molecule has 0 aliphatic carbocycles. The number of carboxylic acid groups (broad SMARTS) is 1. The van der Waals surface area contributed by atoms with E-state index in [1.54, 1.807) is 54.2 Å². The number of carbonyl (C=O) groups is 3. The van der Waals surface area contributed by atoms with E-state index in [-0.39, 0.29) is 48.1 Å². The molecule has 0 spiro atoms. The van der Waals surface area contributed by atoms with E-state index in [0.29, 0.717) is 39.8 Å². The van der Waals surface area contributed by atoms with Gasteiger partial charge in [0.15, 0.2) is 11.5 Å². The number of anilines is 2. The summed E-state index contributed by atoms with van der Waals surface area (Å²) < 4.78 is 16.0. The van der Waals surface area contributed by atoms with Gasteiger partial charge in [-0.2, -0.15) is 5.10 Å². The Morgan fingerprint density at radius 3 is 2.60 bits per heavy atom. The molecular weight excluding hydrogens is 579 g/mol. The van der Waals surface area contributed by atoms with Crippen molar-refractivity contribution in [2.24, 2.45) is 0 Å². The normalized spacial score (nSPS) is 16.3. The molecule has 228 valence electrons. The van der Waals surface area contributed by atoms with Crippen LogP contribution in [0.3, 0.4) is 0 Å². The number of hydrogen-bond acceptors (Lipinski definition) is 8. The molecule has 5 aromatic rings. The van der Waals surface area contributed by atoms with Gasteiger partial charge in [-0.1, -0.05) is 42.5 Å². The molecule has 3 aromatic heterocycles. The van der Waals surface area contributed by atoms with Crippen LogP contribution in [0, 0.1) is 5.82 Å². The number of carbonyl (C=O) groups excluding carboxylic acids is 2. The van der Waals surface area contributed by atoms with E-state index in [2.05, 4.69) is 30.7 Å². The zero-order valence-electron chi connectivity index (χ0n) is 24.4. The van der Waals surface area contributed by atoms with Crippen LogP contribution in [0.5, 0.6) is 0 Å². The topological polar surface area (TPSA) is 178 Å². The maximum Gasteiger partial charge on any atom is 0.325 e. The number of carboxylic acids is 1. The van der Waals surface area contributed by atoms with Crippen LogP contribution < -0.4 is 16.4 Å². The highest BCUT2D eigenvalue weighted by molar-refractivity contribution is 6.09. The molecule has 13 heteroatoms. The highest BCUT2D eigenvalue weighted by Gasteiger charge is 2.47. The van der Waals surface area contributed by atoms with Gasteiger partial charge in [0.25, 0.3) is 0 Å². The molecule has 2 atom stereocenters. The summed E-state index contributed by atoms with van der Waals surface area (Å²) in [5, 5.41) is 19.6. The van der Waals surface area contributed by atoms with Gasteiger partial charge in [0.2, 0.25) is 11.8 Å². The Bertz CT molecular complexity index is 1980. The van der Waals surface area contributed by atoms with Gasteiger partial charge in [-0.3, -0.25) is 14.4 Å². The Balaban J connectivity index is 1.29. The van der Waals surface area contributed by atoms with Crippen LogP contribution in [-0.2, 0) is 32.8 Å². The maximum atomic E-state index is 14.4. The van der Waals surface area contributed by atoms with Crippen LogP contribution in [-0.4, -0.2) is 53.7 Å². The number of hydrogen-bond donors (Lipinski definition) is 4. The Labute approximate surface area is 256 Å². The van der Waals surface area contributed by atoms with Gasteiger partial charge in [-0.05, 0) is 49.6 Å². The van der Waals surface area contributed by atoms with E-state index in [0.717, 1.165) is 5.56 Å². The molecule has 4 heterocycles. The summed E-state index contributed by atoms with van der Waals surface area (Å²) in [6.45, 7) is 3.28. The fourth-order valence-electron chi connectivity index (χ4n) is 5.50. The van der Waals surface area contributed by atoms with Crippen LogP contribution in [0.15, 0.2) is 66.9 Å². The lowest BCUT2D eigenvalue weighted by Gasteiger charge is -2.23. The predicted molar refractivity (Wildman–Crippen MR) is 164 cm³/mol. The first kappa shape index (κ1) is 29.4. The lowest BCUT2D eigenvalue weighted by atomic mass is 9.77. The van der Waals surface area contributed by atoms with E-state index in [4.69, 9.17) is 10.8 Å². The highest BCUT2D eigenvalue weighted by atomic mass is 19.1. The van der Waals surface area contributed by atoms with Crippen LogP contribution >= 0.6 is 0 Å². The number of halogens is 1. The third-order valence-corrected chi connectivity index (χ3v) is 8.04. The zero-order chi connectivity index (χ0) is 31.9. The summed E-state index contributed by atoms with van der Waals surface area (Å²) in [5.74, 6) is -1.61. The van der Waals surface area contributed by atoms with Gasteiger partial charge in [0.1, 0.15) is 34.6 Å². The average Bonchev–Trinajstić information content (AvgIpc) is 3.52. The van der Waals surface area contributed by atoms with E-state index in [1.165, 1.54) is 13.0 Å². The number of benzene rings is 2. The van der Waals surface area contributed by atoms with Crippen molar-refractivity contribution in [3.8, 4) is 11.5 Å². The molecule has 0 unspecified atom stereocenters. The molecule has 0 fully saturated rings. The maximum absolute atomic E-state index is 14.4. The first-order chi connectivity index (χ1) is 21.6. The molecule has 1 aliphatic rings. The van der Waals surface area contributed by atoms with Gasteiger partial charge in [-0.25, -0.2) is 24.0 Å². The molecular formula is C32H29FN8O4. The van der Waals surface area contributed by atoms with Gasteiger partial charge < -0.3 is 21.5 Å². The Morgan fingerprint density at radius 1 is 1.11 bits per heavy atom. The van der Waals surface area contributed by atoms with Crippen molar-refractivity contribution in [1.82, 2.24) is 30.0 Å². The van der Waals surface area contributed by atoms with Gasteiger partial charge in [0.05, 0.1) is 17.5 Å². The van der Waals surface area contributed by atoms with Crippen molar-refractivity contribution in [2.75, 3.05) is 11.1 Å². The molecule has 6 rings (SSSR count). The van der Waals surface area contributed by atoms with Crippen molar-refractivity contribution < 1.29 is 23.9 Å². The molecule has 1 aliphatic heterocycles. The second kappa shape index (κ2) is 11.4. The lowest BCUT2D eigenvalue weighted by Crippen LogP contribution is -2.38. The van der Waals surface area contributed by atoms with Gasteiger partial charge in [-0.15, -0.1) is 0 Å². The van der Waals surface area contributed by atoms with Gasteiger partial charge >= 0.3 is 5.97 Å². The minimum atomic E-state index is -1.20. The summed E-state index contributed by atoms with van der Waals surface area (Å²) in [6.07, 6.45) is 2.12. The predicted octanol–water partition coefficient (Wildman–Crippen LogP) is 3.44. The average molecular weight is 609 g/mol. The number of amides is 2. The third-order valence-electron chi connectivity index (χ3n) is 8.04. The first-order valence-electron chi connectivity index (χ1n) is 14.2. The van der Waals surface area contributed by atoms with E-state index < -0.39 is 17.4 Å². The summed E-state index contributed by atoms with van der Waals surface area (Å²) in [4.78, 5) is 50.2. The standard InChI is InChI=1S/C32H29FN8O4/c1-17(30(43)44)36-23(42)14-11-18-9-12-20(13-10-18)32(2)24-26(34)37-28(38-27(24)39-31(32)45)25-21-7-5-15-35-29(21)41(40-25)16-19-6-3-4-8-22(19)33/h3-10,12-13,15,17H,11,14,16H2,1-2H3,(H,36,42)(H,43,44)(H3,34,37,38,39,45)/t17-,32-/m0/s1. The number of pyridine rings is 1. The lowest BCUT2D eigenvalue weighted by molar-refractivity contribution is -0.141. The number of aromatic nitrogens is 5. The van der Waals surface area contributed by atoms with Crippen molar-refractivity contribution in [1.29, 1.82) is 0 Å². The van der Waals surface area contributed by atoms with E-state index >= 15 is 0 Å². The smallest absolute Gasteiger partial charge is 0.325 e. The van der Waals surface area contributed by atoms with Crippen molar-refractivity contribution in [3.05, 3.63) is 94.9 Å². The number of nitrogens with one attached hydrogen (secondary N) is 2.